The highest BCUT2D eigenvalue weighted by molar-refractivity contribution is 5.35. The van der Waals surface area contributed by atoms with Crippen LogP contribution in [0.5, 0.6) is 0 Å². The summed E-state index contributed by atoms with van der Waals surface area (Å²) in [4.78, 5) is 0. The Kier molecular flexibility index (Phi) is 4.45. The summed E-state index contributed by atoms with van der Waals surface area (Å²) in [7, 11) is 0. The predicted molar refractivity (Wildman–Crippen MR) is 88.4 cm³/mol. The summed E-state index contributed by atoms with van der Waals surface area (Å²) in [6.07, 6.45) is 7.38. The average Bonchev–Trinajstić information content (AvgIpc) is 2.99. The third kappa shape index (κ3) is 3.21. The number of aromatic nitrogens is 1. The van der Waals surface area contributed by atoms with Crippen molar-refractivity contribution in [3.63, 3.8) is 0 Å². The summed E-state index contributed by atoms with van der Waals surface area (Å²) in [5, 5.41) is 3.66. The molecule has 1 N–H and O–H groups in total. The number of rotatable bonds is 5. The smallest absolute Gasteiger partial charge is 0.0364 e. The molecule has 1 aliphatic carbocycles. The molecule has 2 aromatic rings. The molecule has 0 fully saturated rings. The van der Waals surface area contributed by atoms with Crippen molar-refractivity contribution in [1.82, 2.24) is 9.88 Å². The van der Waals surface area contributed by atoms with E-state index in [9.17, 15) is 0 Å². The Morgan fingerprint density at radius 1 is 1.14 bits per heavy atom. The van der Waals surface area contributed by atoms with Crippen LogP contribution in [0.2, 0.25) is 0 Å². The monoisotopic (exact) mass is 282 g/mol. The summed E-state index contributed by atoms with van der Waals surface area (Å²) in [6, 6.07) is 11.8. The van der Waals surface area contributed by atoms with Crippen molar-refractivity contribution in [3.05, 3.63) is 58.9 Å². The minimum Gasteiger partial charge on any atom is -0.351 e. The van der Waals surface area contributed by atoms with Gasteiger partial charge in [-0.05, 0) is 68.4 Å². The van der Waals surface area contributed by atoms with Crippen LogP contribution in [0.25, 0.3) is 0 Å². The molecule has 0 saturated carbocycles. The number of benzene rings is 1. The summed E-state index contributed by atoms with van der Waals surface area (Å²) in [5.74, 6) is 0. The van der Waals surface area contributed by atoms with Gasteiger partial charge < -0.3 is 9.88 Å². The highest BCUT2D eigenvalue weighted by Gasteiger charge is 2.12. The van der Waals surface area contributed by atoms with Crippen LogP contribution in [0.1, 0.15) is 55.1 Å². The number of hydrogen-bond acceptors (Lipinski definition) is 1. The van der Waals surface area contributed by atoms with Crippen molar-refractivity contribution >= 4 is 0 Å². The molecule has 1 aliphatic rings. The predicted octanol–water partition coefficient (Wildman–Crippen LogP) is 4.24. The third-order valence-corrected chi connectivity index (χ3v) is 4.73. The second-order valence-corrected chi connectivity index (χ2v) is 6.12. The topological polar surface area (TPSA) is 17.0 Å². The summed E-state index contributed by atoms with van der Waals surface area (Å²) >= 11 is 0. The van der Waals surface area contributed by atoms with Gasteiger partial charge in [-0.25, -0.2) is 0 Å². The van der Waals surface area contributed by atoms with Gasteiger partial charge in [0.05, 0.1) is 0 Å². The lowest BCUT2D eigenvalue weighted by Crippen LogP contribution is -2.20. The SMILES string of the molecule is CCn1cccc1CNC(C)c1ccc2c(c1)CCCC2. The molecule has 1 heterocycles. The van der Waals surface area contributed by atoms with Crippen LogP contribution in [0, 0.1) is 0 Å². The van der Waals surface area contributed by atoms with E-state index < -0.39 is 0 Å². The van der Waals surface area contributed by atoms with Gasteiger partial charge in [0.2, 0.25) is 0 Å². The summed E-state index contributed by atoms with van der Waals surface area (Å²) < 4.78 is 2.30. The Hall–Kier alpha value is -1.54. The Bertz CT molecular complexity index is 597. The van der Waals surface area contributed by atoms with Gasteiger partial charge in [0.15, 0.2) is 0 Å². The Morgan fingerprint density at radius 3 is 2.76 bits per heavy atom. The van der Waals surface area contributed by atoms with Crippen molar-refractivity contribution < 1.29 is 0 Å². The van der Waals surface area contributed by atoms with Crippen LogP contribution in [-0.2, 0) is 25.9 Å². The normalized spacial score (nSPS) is 15.7. The van der Waals surface area contributed by atoms with Gasteiger partial charge in [0.1, 0.15) is 0 Å². The van der Waals surface area contributed by atoms with Gasteiger partial charge >= 0.3 is 0 Å². The molecule has 1 unspecified atom stereocenters. The molecular formula is C19H26N2. The highest BCUT2D eigenvalue weighted by atomic mass is 15.0. The molecule has 1 aromatic carbocycles. The molecule has 21 heavy (non-hydrogen) atoms. The molecule has 2 nitrogen and oxygen atoms in total. The second kappa shape index (κ2) is 6.48. The van der Waals surface area contributed by atoms with E-state index in [1.807, 2.05) is 0 Å². The molecule has 3 rings (SSSR count). The Labute approximate surface area is 128 Å². The van der Waals surface area contributed by atoms with Crippen molar-refractivity contribution in [2.45, 2.75) is 58.7 Å². The van der Waals surface area contributed by atoms with E-state index in [0.29, 0.717) is 6.04 Å². The lowest BCUT2D eigenvalue weighted by Gasteiger charge is -2.20. The zero-order valence-electron chi connectivity index (χ0n) is 13.2. The maximum absolute atomic E-state index is 3.66. The average molecular weight is 282 g/mol. The molecule has 0 bridgehead atoms. The van der Waals surface area contributed by atoms with Crippen molar-refractivity contribution in [1.29, 1.82) is 0 Å². The van der Waals surface area contributed by atoms with Gasteiger partial charge in [-0.1, -0.05) is 18.2 Å². The minimum absolute atomic E-state index is 0.400. The molecular weight excluding hydrogens is 256 g/mol. The third-order valence-electron chi connectivity index (χ3n) is 4.73. The largest absolute Gasteiger partial charge is 0.351 e. The van der Waals surface area contributed by atoms with Gasteiger partial charge in [0, 0.05) is 31.0 Å². The fourth-order valence-corrected chi connectivity index (χ4v) is 3.32. The zero-order valence-corrected chi connectivity index (χ0v) is 13.2. The first kappa shape index (κ1) is 14.4. The standard InChI is InChI=1S/C19H26N2/c1-3-21-12-6-9-19(21)14-20-15(2)17-11-10-16-7-4-5-8-18(16)13-17/h6,9-13,15,20H,3-5,7-8,14H2,1-2H3. The lowest BCUT2D eigenvalue weighted by atomic mass is 9.89. The first-order valence-corrected chi connectivity index (χ1v) is 8.27. The van der Waals surface area contributed by atoms with E-state index >= 15 is 0 Å². The van der Waals surface area contributed by atoms with E-state index in [2.05, 4.69) is 60.3 Å². The van der Waals surface area contributed by atoms with Gasteiger partial charge in [-0.3, -0.25) is 0 Å². The summed E-state index contributed by atoms with van der Waals surface area (Å²) in [6.45, 7) is 6.43. The number of nitrogens with zero attached hydrogens (tertiary/aromatic N) is 1. The molecule has 0 radical (unpaired) electrons. The van der Waals surface area contributed by atoms with E-state index in [0.717, 1.165) is 13.1 Å². The second-order valence-electron chi connectivity index (χ2n) is 6.12. The number of hydrogen-bond donors (Lipinski definition) is 1. The van der Waals surface area contributed by atoms with Gasteiger partial charge in [-0.15, -0.1) is 0 Å². The van der Waals surface area contributed by atoms with Crippen LogP contribution < -0.4 is 5.32 Å². The first-order chi connectivity index (χ1) is 10.3. The number of nitrogens with one attached hydrogen (secondary N) is 1. The van der Waals surface area contributed by atoms with E-state index in [4.69, 9.17) is 0 Å². The lowest BCUT2D eigenvalue weighted by molar-refractivity contribution is 0.548. The van der Waals surface area contributed by atoms with Gasteiger partial charge in [0.25, 0.3) is 0 Å². The van der Waals surface area contributed by atoms with Crippen LogP contribution >= 0.6 is 0 Å². The fraction of sp³-hybridized carbons (Fsp3) is 0.474. The maximum Gasteiger partial charge on any atom is 0.0364 e. The Balaban J connectivity index is 1.66. The molecule has 112 valence electrons. The maximum atomic E-state index is 3.66. The zero-order chi connectivity index (χ0) is 14.7. The summed E-state index contributed by atoms with van der Waals surface area (Å²) in [5.41, 5.74) is 5.92. The highest BCUT2D eigenvalue weighted by Crippen LogP contribution is 2.24. The fourth-order valence-electron chi connectivity index (χ4n) is 3.32. The molecule has 2 heteroatoms. The van der Waals surface area contributed by atoms with Crippen molar-refractivity contribution in [3.8, 4) is 0 Å². The molecule has 1 atom stereocenters. The van der Waals surface area contributed by atoms with Crippen molar-refractivity contribution in [2.75, 3.05) is 0 Å². The first-order valence-electron chi connectivity index (χ1n) is 8.27. The quantitative estimate of drug-likeness (QED) is 0.868. The van der Waals surface area contributed by atoms with Crippen LogP contribution in [0.15, 0.2) is 36.5 Å². The molecule has 0 amide bonds. The molecule has 0 aliphatic heterocycles. The van der Waals surface area contributed by atoms with Crippen LogP contribution in [0.4, 0.5) is 0 Å². The Morgan fingerprint density at radius 2 is 1.95 bits per heavy atom. The number of aryl methyl sites for hydroxylation is 3. The molecule has 0 saturated heterocycles. The van der Waals surface area contributed by atoms with E-state index in [1.54, 1.807) is 11.1 Å². The van der Waals surface area contributed by atoms with Gasteiger partial charge in [-0.2, -0.15) is 0 Å². The van der Waals surface area contributed by atoms with Crippen LogP contribution in [0.3, 0.4) is 0 Å². The minimum atomic E-state index is 0.400. The van der Waals surface area contributed by atoms with E-state index in [-0.39, 0.29) is 0 Å². The van der Waals surface area contributed by atoms with E-state index in [1.165, 1.54) is 36.9 Å². The van der Waals surface area contributed by atoms with Crippen LogP contribution in [-0.4, -0.2) is 4.57 Å². The number of fused-ring (bicyclic) bond motifs is 1. The molecule has 1 aromatic heterocycles. The van der Waals surface area contributed by atoms with Crippen molar-refractivity contribution in [2.24, 2.45) is 0 Å². The molecule has 0 spiro atoms.